The van der Waals surface area contributed by atoms with E-state index >= 15 is 0 Å². The van der Waals surface area contributed by atoms with Crippen LogP contribution in [0.3, 0.4) is 0 Å². The van der Waals surface area contributed by atoms with Crippen LogP contribution in [0.4, 0.5) is 0 Å². The zero-order valence-electron chi connectivity index (χ0n) is 12.6. The average molecular weight is 313 g/mol. The number of aromatic nitrogens is 2. The van der Waals surface area contributed by atoms with E-state index in [2.05, 4.69) is 10.3 Å². The monoisotopic (exact) mass is 313 g/mol. The Hall–Kier alpha value is -2.84. The number of fused-ring (bicyclic) bond motifs is 2. The first-order chi connectivity index (χ1) is 10.9. The summed E-state index contributed by atoms with van der Waals surface area (Å²) in [4.78, 5) is 0. The zero-order chi connectivity index (χ0) is 16.2. The van der Waals surface area contributed by atoms with Gasteiger partial charge in [-0.1, -0.05) is 0 Å². The molecule has 1 aromatic heterocycles. The number of nitrogens with zero attached hydrogens (tertiary/aromatic N) is 3. The van der Waals surface area contributed by atoms with E-state index in [0.29, 0.717) is 28.2 Å². The number of nitrogens with one attached hydrogen (secondary N) is 1. The molecule has 0 amide bonds. The Labute approximate surface area is 131 Å². The van der Waals surface area contributed by atoms with Gasteiger partial charge in [-0.05, 0) is 42.4 Å². The number of quaternary nitrogens is 1. The fourth-order valence-electron chi connectivity index (χ4n) is 2.71. The molecule has 1 aromatic carbocycles. The molecule has 0 fully saturated rings. The molecule has 0 radical (unpaired) electrons. The lowest BCUT2D eigenvalue weighted by molar-refractivity contribution is -0.903. The van der Waals surface area contributed by atoms with Gasteiger partial charge in [-0.15, -0.1) is 0 Å². The van der Waals surface area contributed by atoms with Gasteiger partial charge in [0, 0.05) is 11.6 Å². The third kappa shape index (κ3) is 2.24. The Kier molecular flexibility index (Phi) is 2.75. The summed E-state index contributed by atoms with van der Waals surface area (Å²) >= 11 is 0. The Balaban J connectivity index is 1.88. The summed E-state index contributed by atoms with van der Waals surface area (Å²) in [5.41, 5.74) is 8.19. The Bertz CT molecular complexity index is 880. The smallest absolute Gasteiger partial charge is 0.143 e. The minimum atomic E-state index is -0.575. The second-order valence-electron chi connectivity index (χ2n) is 6.00. The third-order valence-electron chi connectivity index (χ3n) is 3.69. The van der Waals surface area contributed by atoms with Gasteiger partial charge in [-0.3, -0.25) is 0 Å². The van der Waals surface area contributed by atoms with Crippen LogP contribution in [0.1, 0.15) is 19.4 Å². The molecular weight excluding hydrogens is 298 g/mol. The van der Waals surface area contributed by atoms with Gasteiger partial charge in [0.15, 0.2) is 0 Å². The van der Waals surface area contributed by atoms with Gasteiger partial charge in [0.25, 0.3) is 0 Å². The minimum Gasteiger partial charge on any atom is -0.603 e. The van der Waals surface area contributed by atoms with Crippen LogP contribution in [0.2, 0.25) is 0 Å². The van der Waals surface area contributed by atoms with Crippen molar-refractivity contribution in [1.82, 2.24) is 15.3 Å². The van der Waals surface area contributed by atoms with Crippen LogP contribution in [-0.4, -0.2) is 20.9 Å². The molecule has 118 valence electrons. The normalized spacial score (nSPS) is 22.4. The molecule has 1 unspecified atom stereocenters. The molecule has 2 aliphatic heterocycles. The van der Waals surface area contributed by atoms with Crippen molar-refractivity contribution in [2.45, 2.75) is 19.4 Å². The number of hydroxylamine groups is 1. The highest BCUT2D eigenvalue weighted by Crippen LogP contribution is 2.39. The molecule has 0 saturated heterocycles. The standard InChI is InChI=1S/C15H15N5O3/c1-15(2)7-13(19-4-3-9(16)8-20(19)21)10-5-11-12(18-23-17-11)6-14(10)22-15/h3-8,20H,16H2,1-2H3. The van der Waals surface area contributed by atoms with Crippen LogP contribution >= 0.6 is 0 Å². The lowest BCUT2D eigenvalue weighted by Gasteiger charge is -2.38. The van der Waals surface area contributed by atoms with Crippen molar-refractivity contribution in [1.29, 1.82) is 0 Å². The van der Waals surface area contributed by atoms with Crippen LogP contribution < -0.4 is 15.6 Å². The second kappa shape index (κ2) is 4.58. The van der Waals surface area contributed by atoms with Gasteiger partial charge in [0.05, 0.1) is 11.9 Å². The van der Waals surface area contributed by atoms with Crippen LogP contribution in [0.5, 0.6) is 5.75 Å². The van der Waals surface area contributed by atoms with Crippen LogP contribution in [-0.2, 0) is 0 Å². The largest absolute Gasteiger partial charge is 0.603 e. The summed E-state index contributed by atoms with van der Waals surface area (Å²) in [5, 5.41) is 21.3. The van der Waals surface area contributed by atoms with Gasteiger partial charge in [0.2, 0.25) is 0 Å². The molecular formula is C15H15N5O3. The van der Waals surface area contributed by atoms with E-state index in [4.69, 9.17) is 15.1 Å². The molecule has 0 spiro atoms. The summed E-state index contributed by atoms with van der Waals surface area (Å²) in [6, 6.07) is 3.56. The highest BCUT2D eigenvalue weighted by molar-refractivity contribution is 5.84. The molecule has 3 N–H and O–H groups in total. The predicted octanol–water partition coefficient (Wildman–Crippen LogP) is 0.662. The number of hydrogen-bond donors (Lipinski definition) is 2. The SMILES string of the molecule is CC1(C)C=C(N2C=CC(N)=C[NH+]2[O-])c2cc3nonc3cc2O1. The number of rotatable bonds is 1. The van der Waals surface area contributed by atoms with Crippen molar-refractivity contribution in [2.75, 3.05) is 0 Å². The highest BCUT2D eigenvalue weighted by Gasteiger charge is 2.32. The molecule has 23 heavy (non-hydrogen) atoms. The van der Waals surface area contributed by atoms with Crippen LogP contribution in [0.25, 0.3) is 16.7 Å². The van der Waals surface area contributed by atoms with Crippen molar-refractivity contribution in [2.24, 2.45) is 5.73 Å². The summed E-state index contributed by atoms with van der Waals surface area (Å²) in [5.74, 6) is 0.624. The van der Waals surface area contributed by atoms with Crippen molar-refractivity contribution >= 4 is 16.7 Å². The van der Waals surface area contributed by atoms with E-state index < -0.39 is 5.60 Å². The molecule has 0 saturated carbocycles. The van der Waals surface area contributed by atoms with E-state index in [0.717, 1.165) is 5.56 Å². The topological polar surface area (TPSA) is 105 Å². The molecule has 4 rings (SSSR count). The second-order valence-corrected chi connectivity index (χ2v) is 6.00. The summed E-state index contributed by atoms with van der Waals surface area (Å²) in [6.07, 6.45) is 6.62. The molecule has 8 nitrogen and oxygen atoms in total. The van der Waals surface area contributed by atoms with Crippen molar-refractivity contribution in [3.05, 3.63) is 53.2 Å². The lowest BCUT2D eigenvalue weighted by Crippen LogP contribution is -3.09. The molecule has 8 heteroatoms. The fraction of sp³-hybridized carbons (Fsp3) is 0.200. The number of hydrogen-bond acceptors (Lipinski definition) is 7. The van der Waals surface area contributed by atoms with E-state index in [-0.39, 0.29) is 5.17 Å². The van der Waals surface area contributed by atoms with Crippen LogP contribution in [0, 0.1) is 5.21 Å². The van der Waals surface area contributed by atoms with E-state index in [1.807, 2.05) is 19.9 Å². The van der Waals surface area contributed by atoms with Crippen molar-refractivity contribution in [3.63, 3.8) is 0 Å². The van der Waals surface area contributed by atoms with Gasteiger partial charge < -0.3 is 15.7 Å². The Morgan fingerprint density at radius 2 is 2.00 bits per heavy atom. The molecule has 2 aliphatic rings. The van der Waals surface area contributed by atoms with Crippen molar-refractivity contribution < 1.29 is 14.5 Å². The Morgan fingerprint density at radius 1 is 1.26 bits per heavy atom. The number of ether oxygens (including phenoxy) is 1. The van der Waals surface area contributed by atoms with Crippen LogP contribution in [0.15, 0.2) is 47.0 Å². The van der Waals surface area contributed by atoms with Gasteiger partial charge >= 0.3 is 0 Å². The van der Waals surface area contributed by atoms with Gasteiger partial charge in [0.1, 0.15) is 34.3 Å². The maximum absolute atomic E-state index is 12.3. The minimum absolute atomic E-state index is 0.210. The van der Waals surface area contributed by atoms with Gasteiger partial charge in [-0.25, -0.2) is 9.80 Å². The van der Waals surface area contributed by atoms with Gasteiger partial charge in [-0.2, -0.15) is 5.01 Å². The fourth-order valence-corrected chi connectivity index (χ4v) is 2.71. The number of allylic oxidation sites excluding steroid dienone is 1. The van der Waals surface area contributed by atoms with E-state index in [1.165, 1.54) is 6.20 Å². The maximum Gasteiger partial charge on any atom is 0.143 e. The van der Waals surface area contributed by atoms with E-state index in [9.17, 15) is 5.21 Å². The summed E-state index contributed by atoms with van der Waals surface area (Å²) < 4.78 is 10.7. The zero-order valence-corrected chi connectivity index (χ0v) is 12.6. The quantitative estimate of drug-likeness (QED) is 0.745. The predicted molar refractivity (Wildman–Crippen MR) is 82.1 cm³/mol. The third-order valence-corrected chi connectivity index (χ3v) is 3.69. The first kappa shape index (κ1) is 13.8. The maximum atomic E-state index is 12.3. The molecule has 0 bridgehead atoms. The number of nitrogens with two attached hydrogens (primary N) is 1. The summed E-state index contributed by atoms with van der Waals surface area (Å²) in [6.45, 7) is 3.84. The Morgan fingerprint density at radius 3 is 2.74 bits per heavy atom. The highest BCUT2D eigenvalue weighted by atomic mass is 16.6. The van der Waals surface area contributed by atoms with Crippen molar-refractivity contribution in [3.8, 4) is 5.75 Å². The molecule has 3 heterocycles. The lowest BCUT2D eigenvalue weighted by atomic mass is 9.98. The molecule has 2 aromatic rings. The average Bonchev–Trinajstić information content (AvgIpc) is 2.91. The molecule has 1 atom stereocenters. The van der Waals surface area contributed by atoms with E-state index in [1.54, 1.807) is 29.4 Å². The summed E-state index contributed by atoms with van der Waals surface area (Å²) in [7, 11) is 0. The number of benzene rings is 1. The first-order valence-corrected chi connectivity index (χ1v) is 7.10. The first-order valence-electron chi connectivity index (χ1n) is 7.10. The molecule has 0 aliphatic carbocycles.